The second-order valence-corrected chi connectivity index (χ2v) is 5.84. The molecule has 0 aliphatic rings. The van der Waals surface area contributed by atoms with Crippen LogP contribution in [0, 0.1) is 0 Å². The molecule has 0 aliphatic carbocycles. The molecule has 2 rings (SSSR count). The molecule has 0 fully saturated rings. The summed E-state index contributed by atoms with van der Waals surface area (Å²) in [4.78, 5) is 4.07. The largest absolute Gasteiger partial charge is 0.438 e. The number of halogens is 1. The Morgan fingerprint density at radius 3 is 2.32 bits per heavy atom. The lowest BCUT2D eigenvalue weighted by molar-refractivity contribution is 0.462. The van der Waals surface area contributed by atoms with Crippen molar-refractivity contribution in [2.24, 2.45) is 0 Å². The van der Waals surface area contributed by atoms with Gasteiger partial charge in [0.25, 0.3) is 0 Å². The number of pyridine rings is 1. The summed E-state index contributed by atoms with van der Waals surface area (Å²) in [7, 11) is 0. The van der Waals surface area contributed by atoms with Crippen molar-refractivity contribution >= 4 is 17.3 Å². The fraction of sp³-hybridized carbons (Fsp3) is 0.267. The molecule has 19 heavy (non-hydrogen) atoms. The molecule has 2 aromatic rings. The number of benzene rings is 1. The molecule has 100 valence electrons. The number of nitrogen functional groups attached to an aromatic ring is 1. The average Bonchev–Trinajstić information content (AvgIpc) is 2.32. The van der Waals surface area contributed by atoms with E-state index in [0.29, 0.717) is 22.3 Å². The standard InChI is InChI=1S/C15H17ClN2O/c1-15(2,3)10-4-6-12(7-5-10)19-14-13(16)8-11(17)9-18-14/h4-9H,17H2,1-3H3. The monoisotopic (exact) mass is 276 g/mol. The van der Waals surface area contributed by atoms with Crippen LogP contribution in [0.2, 0.25) is 5.02 Å². The number of hydrogen-bond donors (Lipinski definition) is 1. The Bertz CT molecular complexity index is 574. The third-order valence-corrected chi connectivity index (χ3v) is 3.03. The molecule has 0 amide bonds. The molecule has 0 unspecified atom stereocenters. The van der Waals surface area contributed by atoms with E-state index >= 15 is 0 Å². The zero-order valence-corrected chi connectivity index (χ0v) is 12.0. The highest BCUT2D eigenvalue weighted by atomic mass is 35.5. The molecule has 0 atom stereocenters. The molecule has 2 N–H and O–H groups in total. The molecule has 4 heteroatoms. The van der Waals surface area contributed by atoms with Gasteiger partial charge in [-0.3, -0.25) is 0 Å². The summed E-state index contributed by atoms with van der Waals surface area (Å²) in [5.74, 6) is 1.06. The van der Waals surface area contributed by atoms with Gasteiger partial charge in [0.1, 0.15) is 10.8 Å². The minimum atomic E-state index is 0.121. The molecule has 0 spiro atoms. The van der Waals surface area contributed by atoms with Gasteiger partial charge in [-0.1, -0.05) is 44.5 Å². The zero-order chi connectivity index (χ0) is 14.0. The molecular formula is C15H17ClN2O. The highest BCUT2D eigenvalue weighted by Gasteiger charge is 2.13. The summed E-state index contributed by atoms with van der Waals surface area (Å²) < 4.78 is 5.63. The van der Waals surface area contributed by atoms with Crippen LogP contribution >= 0.6 is 11.6 Å². The molecule has 0 saturated carbocycles. The number of anilines is 1. The van der Waals surface area contributed by atoms with Crippen molar-refractivity contribution in [2.45, 2.75) is 26.2 Å². The van der Waals surface area contributed by atoms with Crippen LogP contribution in [-0.2, 0) is 5.41 Å². The van der Waals surface area contributed by atoms with Gasteiger partial charge in [-0.15, -0.1) is 0 Å². The Morgan fingerprint density at radius 2 is 1.79 bits per heavy atom. The first-order valence-corrected chi connectivity index (χ1v) is 6.43. The number of nitrogens with zero attached hydrogens (tertiary/aromatic N) is 1. The van der Waals surface area contributed by atoms with Gasteiger partial charge >= 0.3 is 0 Å². The average molecular weight is 277 g/mol. The smallest absolute Gasteiger partial charge is 0.238 e. The van der Waals surface area contributed by atoms with Crippen LogP contribution in [-0.4, -0.2) is 4.98 Å². The maximum absolute atomic E-state index is 6.02. The van der Waals surface area contributed by atoms with Crippen molar-refractivity contribution < 1.29 is 4.74 Å². The van der Waals surface area contributed by atoms with E-state index in [1.54, 1.807) is 6.07 Å². The van der Waals surface area contributed by atoms with Gasteiger partial charge in [-0.05, 0) is 29.2 Å². The summed E-state index contributed by atoms with van der Waals surface area (Å²) in [6, 6.07) is 9.53. The number of ether oxygens (including phenoxy) is 1. The SMILES string of the molecule is CC(C)(C)c1ccc(Oc2ncc(N)cc2Cl)cc1. The van der Waals surface area contributed by atoms with Gasteiger partial charge < -0.3 is 10.5 Å². The van der Waals surface area contributed by atoms with Crippen LogP contribution in [0.5, 0.6) is 11.6 Å². The molecule has 0 aliphatic heterocycles. The summed E-state index contributed by atoms with van der Waals surface area (Å²) in [5, 5.41) is 0.403. The van der Waals surface area contributed by atoms with E-state index < -0.39 is 0 Å². The number of nitrogens with two attached hydrogens (primary N) is 1. The van der Waals surface area contributed by atoms with Crippen molar-refractivity contribution in [1.29, 1.82) is 0 Å². The minimum absolute atomic E-state index is 0.121. The van der Waals surface area contributed by atoms with E-state index in [0.717, 1.165) is 0 Å². The second-order valence-electron chi connectivity index (χ2n) is 5.43. The third-order valence-electron chi connectivity index (χ3n) is 2.76. The molecule has 1 aromatic heterocycles. The maximum atomic E-state index is 6.02. The predicted octanol–water partition coefficient (Wildman–Crippen LogP) is 4.41. The Kier molecular flexibility index (Phi) is 3.67. The van der Waals surface area contributed by atoms with Gasteiger partial charge in [-0.2, -0.15) is 0 Å². The third kappa shape index (κ3) is 3.38. The van der Waals surface area contributed by atoms with E-state index in [1.807, 2.05) is 24.3 Å². The van der Waals surface area contributed by atoms with Crippen LogP contribution in [0.4, 0.5) is 5.69 Å². The second kappa shape index (κ2) is 5.10. The molecule has 0 bridgehead atoms. The van der Waals surface area contributed by atoms with Crippen molar-refractivity contribution in [3.05, 3.63) is 47.1 Å². The van der Waals surface area contributed by atoms with E-state index in [4.69, 9.17) is 22.1 Å². The summed E-state index contributed by atoms with van der Waals surface area (Å²) >= 11 is 6.02. The Labute approximate surface area is 118 Å². The Balaban J connectivity index is 2.20. The number of aromatic nitrogens is 1. The Morgan fingerprint density at radius 1 is 1.16 bits per heavy atom. The van der Waals surface area contributed by atoms with Gasteiger partial charge in [0.05, 0.1) is 11.9 Å². The van der Waals surface area contributed by atoms with Crippen LogP contribution < -0.4 is 10.5 Å². The quantitative estimate of drug-likeness (QED) is 0.884. The van der Waals surface area contributed by atoms with Crippen LogP contribution in [0.15, 0.2) is 36.5 Å². The predicted molar refractivity (Wildman–Crippen MR) is 78.9 cm³/mol. The maximum Gasteiger partial charge on any atom is 0.238 e. The van der Waals surface area contributed by atoms with Gasteiger partial charge in [-0.25, -0.2) is 4.98 Å². The van der Waals surface area contributed by atoms with Crippen molar-refractivity contribution in [2.75, 3.05) is 5.73 Å². The Hall–Kier alpha value is -1.74. The molecule has 0 radical (unpaired) electrons. The topological polar surface area (TPSA) is 48.1 Å². The van der Waals surface area contributed by atoms with Crippen molar-refractivity contribution in [1.82, 2.24) is 4.98 Å². The van der Waals surface area contributed by atoms with Crippen LogP contribution in [0.3, 0.4) is 0 Å². The first-order valence-electron chi connectivity index (χ1n) is 6.06. The van der Waals surface area contributed by atoms with Crippen LogP contribution in [0.1, 0.15) is 26.3 Å². The molecule has 1 aromatic carbocycles. The van der Waals surface area contributed by atoms with Crippen molar-refractivity contribution in [3.8, 4) is 11.6 Å². The van der Waals surface area contributed by atoms with Gasteiger partial charge in [0.2, 0.25) is 5.88 Å². The number of rotatable bonds is 2. The van der Waals surface area contributed by atoms with E-state index in [2.05, 4.69) is 25.8 Å². The molecule has 3 nitrogen and oxygen atoms in total. The van der Waals surface area contributed by atoms with Crippen LogP contribution in [0.25, 0.3) is 0 Å². The lowest BCUT2D eigenvalue weighted by Gasteiger charge is -2.19. The first kappa shape index (κ1) is 13.7. The lowest BCUT2D eigenvalue weighted by Crippen LogP contribution is -2.10. The highest BCUT2D eigenvalue weighted by molar-refractivity contribution is 6.32. The molecule has 1 heterocycles. The summed E-state index contributed by atoms with van der Waals surface area (Å²) in [6.07, 6.45) is 1.52. The molecular weight excluding hydrogens is 260 g/mol. The summed E-state index contributed by atoms with van der Waals surface area (Å²) in [5.41, 5.74) is 7.47. The normalized spacial score (nSPS) is 11.4. The number of hydrogen-bond acceptors (Lipinski definition) is 3. The van der Waals surface area contributed by atoms with Gasteiger partial charge in [0, 0.05) is 0 Å². The van der Waals surface area contributed by atoms with E-state index in [1.165, 1.54) is 11.8 Å². The fourth-order valence-corrected chi connectivity index (χ4v) is 1.86. The van der Waals surface area contributed by atoms with E-state index in [-0.39, 0.29) is 5.41 Å². The lowest BCUT2D eigenvalue weighted by atomic mass is 9.87. The minimum Gasteiger partial charge on any atom is -0.438 e. The fourth-order valence-electron chi connectivity index (χ4n) is 1.65. The van der Waals surface area contributed by atoms with E-state index in [9.17, 15) is 0 Å². The first-order chi connectivity index (χ1) is 8.86. The van der Waals surface area contributed by atoms with Gasteiger partial charge in [0.15, 0.2) is 0 Å². The van der Waals surface area contributed by atoms with Crippen molar-refractivity contribution in [3.63, 3.8) is 0 Å². The zero-order valence-electron chi connectivity index (χ0n) is 11.3. The highest BCUT2D eigenvalue weighted by Crippen LogP contribution is 2.30. The summed E-state index contributed by atoms with van der Waals surface area (Å²) in [6.45, 7) is 6.50. The molecule has 0 saturated heterocycles.